The van der Waals surface area contributed by atoms with E-state index in [9.17, 15) is 13.2 Å². The minimum Gasteiger partial charge on any atom is -0.336 e. The molecule has 1 saturated carbocycles. The molecule has 1 aliphatic rings. The average Bonchev–Trinajstić information content (AvgIpc) is 3.22. The molecular formula is C15H22N2O3S. The molecular weight excluding hydrogens is 288 g/mol. The van der Waals surface area contributed by atoms with E-state index >= 15 is 0 Å². The van der Waals surface area contributed by atoms with Crippen molar-refractivity contribution in [2.45, 2.75) is 50.5 Å². The molecule has 1 fully saturated rings. The third-order valence-electron chi connectivity index (χ3n) is 3.76. The maximum atomic E-state index is 12.7. The quantitative estimate of drug-likeness (QED) is 0.873. The second-order valence-corrected chi connectivity index (χ2v) is 7.17. The lowest BCUT2D eigenvalue weighted by Crippen LogP contribution is -2.34. The largest absolute Gasteiger partial charge is 0.336 e. The maximum absolute atomic E-state index is 12.7. The minimum absolute atomic E-state index is 0.00980. The van der Waals surface area contributed by atoms with Crippen molar-refractivity contribution >= 4 is 15.9 Å². The first-order chi connectivity index (χ1) is 9.84. The average molecular weight is 310 g/mol. The molecule has 1 aliphatic carbocycles. The SMILES string of the molecule is CCCCN(C(=O)c1ccc(S(N)(=O)=O)cc1C)C1CC1. The van der Waals surface area contributed by atoms with Gasteiger partial charge in [-0.05, 0) is 49.9 Å². The summed E-state index contributed by atoms with van der Waals surface area (Å²) in [5.74, 6) is -0.00980. The van der Waals surface area contributed by atoms with E-state index in [4.69, 9.17) is 5.14 Å². The van der Waals surface area contributed by atoms with Gasteiger partial charge in [0.15, 0.2) is 0 Å². The van der Waals surface area contributed by atoms with Gasteiger partial charge in [0, 0.05) is 18.2 Å². The third-order valence-corrected chi connectivity index (χ3v) is 4.67. The second kappa shape index (κ2) is 6.15. The van der Waals surface area contributed by atoms with E-state index in [2.05, 4.69) is 6.92 Å². The molecule has 2 N–H and O–H groups in total. The van der Waals surface area contributed by atoms with Gasteiger partial charge in [0.05, 0.1) is 4.90 Å². The van der Waals surface area contributed by atoms with Crippen LogP contribution in [0.25, 0.3) is 0 Å². The van der Waals surface area contributed by atoms with Gasteiger partial charge in [0.1, 0.15) is 0 Å². The summed E-state index contributed by atoms with van der Waals surface area (Å²) < 4.78 is 22.7. The first-order valence-corrected chi connectivity index (χ1v) is 8.83. The number of primary sulfonamides is 1. The van der Waals surface area contributed by atoms with Gasteiger partial charge < -0.3 is 4.90 Å². The molecule has 0 saturated heterocycles. The number of aryl methyl sites for hydroxylation is 1. The summed E-state index contributed by atoms with van der Waals surface area (Å²) in [7, 11) is -3.73. The number of benzene rings is 1. The van der Waals surface area contributed by atoms with E-state index in [-0.39, 0.29) is 10.8 Å². The van der Waals surface area contributed by atoms with Crippen LogP contribution in [0.3, 0.4) is 0 Å². The highest BCUT2D eigenvalue weighted by Crippen LogP contribution is 2.29. The molecule has 0 heterocycles. The second-order valence-electron chi connectivity index (χ2n) is 5.61. The van der Waals surface area contributed by atoms with Crippen molar-refractivity contribution in [3.63, 3.8) is 0 Å². The number of hydrogen-bond donors (Lipinski definition) is 1. The van der Waals surface area contributed by atoms with Gasteiger partial charge in [-0.2, -0.15) is 0 Å². The summed E-state index contributed by atoms with van der Waals surface area (Å²) in [6.07, 6.45) is 4.14. The van der Waals surface area contributed by atoms with Crippen LogP contribution in [-0.4, -0.2) is 31.8 Å². The van der Waals surface area contributed by atoms with Crippen molar-refractivity contribution in [1.82, 2.24) is 4.90 Å². The molecule has 0 spiro atoms. The monoisotopic (exact) mass is 310 g/mol. The summed E-state index contributed by atoms with van der Waals surface area (Å²) >= 11 is 0. The molecule has 0 unspecified atom stereocenters. The van der Waals surface area contributed by atoms with Gasteiger partial charge in [-0.3, -0.25) is 4.79 Å². The Morgan fingerprint density at radius 1 is 1.38 bits per heavy atom. The number of nitrogens with zero attached hydrogens (tertiary/aromatic N) is 1. The third kappa shape index (κ3) is 3.83. The highest BCUT2D eigenvalue weighted by atomic mass is 32.2. The number of carbonyl (C=O) groups is 1. The zero-order valence-electron chi connectivity index (χ0n) is 12.5. The van der Waals surface area contributed by atoms with Crippen LogP contribution in [-0.2, 0) is 10.0 Å². The summed E-state index contributed by atoms with van der Waals surface area (Å²) in [5, 5.41) is 5.11. The number of hydrogen-bond acceptors (Lipinski definition) is 3. The van der Waals surface area contributed by atoms with E-state index in [0.717, 1.165) is 32.2 Å². The standard InChI is InChI=1S/C15H22N2O3S/c1-3-4-9-17(12-5-6-12)15(18)14-8-7-13(10-11(14)2)21(16,19)20/h7-8,10,12H,3-6,9H2,1-2H3,(H2,16,19,20). The Labute approximate surface area is 126 Å². The Bertz CT molecular complexity index is 636. The molecule has 2 rings (SSSR count). The van der Waals surface area contributed by atoms with Crippen LogP contribution < -0.4 is 5.14 Å². The predicted molar refractivity (Wildman–Crippen MR) is 81.5 cm³/mol. The molecule has 116 valence electrons. The van der Waals surface area contributed by atoms with E-state index < -0.39 is 10.0 Å². The van der Waals surface area contributed by atoms with Gasteiger partial charge in [-0.1, -0.05) is 13.3 Å². The highest BCUT2D eigenvalue weighted by molar-refractivity contribution is 7.89. The molecule has 0 radical (unpaired) electrons. The Kier molecular flexibility index (Phi) is 4.68. The van der Waals surface area contributed by atoms with Crippen molar-refractivity contribution in [2.24, 2.45) is 5.14 Å². The number of carbonyl (C=O) groups excluding carboxylic acids is 1. The van der Waals surface area contributed by atoms with Crippen molar-refractivity contribution in [1.29, 1.82) is 0 Å². The normalized spacial score (nSPS) is 15.0. The van der Waals surface area contributed by atoms with E-state index in [0.29, 0.717) is 17.2 Å². The summed E-state index contributed by atoms with van der Waals surface area (Å²) in [5.41, 5.74) is 1.21. The smallest absolute Gasteiger partial charge is 0.254 e. The van der Waals surface area contributed by atoms with Gasteiger partial charge in [0.25, 0.3) is 5.91 Å². The van der Waals surface area contributed by atoms with Crippen molar-refractivity contribution < 1.29 is 13.2 Å². The Hall–Kier alpha value is -1.40. The first kappa shape index (κ1) is 16.0. The van der Waals surface area contributed by atoms with Gasteiger partial charge in [0.2, 0.25) is 10.0 Å². The molecule has 21 heavy (non-hydrogen) atoms. The summed E-state index contributed by atoms with van der Waals surface area (Å²) in [4.78, 5) is 14.6. The van der Waals surface area contributed by atoms with Crippen molar-refractivity contribution in [3.05, 3.63) is 29.3 Å². The summed E-state index contributed by atoms with van der Waals surface area (Å²) in [6, 6.07) is 4.79. The van der Waals surface area contributed by atoms with Gasteiger partial charge in [-0.25, -0.2) is 13.6 Å². The van der Waals surface area contributed by atoms with E-state index in [1.165, 1.54) is 12.1 Å². The lowest BCUT2D eigenvalue weighted by Gasteiger charge is -2.23. The van der Waals surface area contributed by atoms with Crippen molar-refractivity contribution in [3.8, 4) is 0 Å². The lowest BCUT2D eigenvalue weighted by molar-refractivity contribution is 0.0740. The zero-order valence-corrected chi connectivity index (χ0v) is 13.3. The fraction of sp³-hybridized carbons (Fsp3) is 0.533. The molecule has 0 atom stereocenters. The van der Waals surface area contributed by atoms with Crippen molar-refractivity contribution in [2.75, 3.05) is 6.54 Å². The molecule has 1 aromatic carbocycles. The molecule has 1 aromatic rings. The molecule has 6 heteroatoms. The van der Waals surface area contributed by atoms with E-state index in [1.54, 1.807) is 13.0 Å². The van der Waals surface area contributed by atoms with Crippen LogP contribution in [0.5, 0.6) is 0 Å². The molecule has 5 nitrogen and oxygen atoms in total. The van der Waals surface area contributed by atoms with Crippen LogP contribution >= 0.6 is 0 Å². The first-order valence-electron chi connectivity index (χ1n) is 7.29. The number of unbranched alkanes of at least 4 members (excludes halogenated alkanes) is 1. The van der Waals surface area contributed by atoms with Crippen LogP contribution in [0.4, 0.5) is 0 Å². The Balaban J connectivity index is 2.25. The topological polar surface area (TPSA) is 80.5 Å². The fourth-order valence-electron chi connectivity index (χ4n) is 2.37. The number of amides is 1. The minimum atomic E-state index is -3.73. The van der Waals surface area contributed by atoms with Crippen LogP contribution in [0, 0.1) is 6.92 Å². The molecule has 1 amide bonds. The Morgan fingerprint density at radius 2 is 2.05 bits per heavy atom. The van der Waals surface area contributed by atoms with Crippen LogP contribution in [0.15, 0.2) is 23.1 Å². The zero-order chi connectivity index (χ0) is 15.6. The fourth-order valence-corrected chi connectivity index (χ4v) is 2.97. The van der Waals surface area contributed by atoms with E-state index in [1.807, 2.05) is 4.90 Å². The Morgan fingerprint density at radius 3 is 2.52 bits per heavy atom. The van der Waals surface area contributed by atoms with Gasteiger partial charge >= 0.3 is 0 Å². The van der Waals surface area contributed by atoms with Crippen LogP contribution in [0.1, 0.15) is 48.5 Å². The number of sulfonamides is 1. The van der Waals surface area contributed by atoms with Gasteiger partial charge in [-0.15, -0.1) is 0 Å². The summed E-state index contributed by atoms with van der Waals surface area (Å²) in [6.45, 7) is 4.60. The molecule has 0 bridgehead atoms. The lowest BCUT2D eigenvalue weighted by atomic mass is 10.1. The predicted octanol–water partition coefficient (Wildman–Crippen LogP) is 2.05. The number of nitrogens with two attached hydrogens (primary N) is 1. The highest BCUT2D eigenvalue weighted by Gasteiger charge is 2.33. The molecule has 0 aromatic heterocycles. The number of rotatable bonds is 6. The maximum Gasteiger partial charge on any atom is 0.254 e. The molecule has 0 aliphatic heterocycles. The van der Waals surface area contributed by atoms with Crippen LogP contribution in [0.2, 0.25) is 0 Å².